The second-order valence-electron chi connectivity index (χ2n) is 8.57. The van der Waals surface area contributed by atoms with Crippen molar-refractivity contribution in [2.45, 2.75) is 101 Å². The van der Waals surface area contributed by atoms with Crippen molar-refractivity contribution < 1.29 is 16.8 Å². The van der Waals surface area contributed by atoms with Gasteiger partial charge in [0, 0.05) is 12.7 Å². The van der Waals surface area contributed by atoms with Crippen molar-refractivity contribution in [2.75, 3.05) is 12.0 Å². The summed E-state index contributed by atoms with van der Waals surface area (Å²) >= 11 is 0. The van der Waals surface area contributed by atoms with Crippen LogP contribution in [-0.4, -0.2) is 32.9 Å². The van der Waals surface area contributed by atoms with Crippen LogP contribution in [0.1, 0.15) is 97.3 Å². The van der Waals surface area contributed by atoms with E-state index in [1.165, 1.54) is 63.5 Å². The van der Waals surface area contributed by atoms with Crippen molar-refractivity contribution >= 4 is 19.7 Å². The lowest BCUT2D eigenvalue weighted by molar-refractivity contribution is 0.407. The van der Waals surface area contributed by atoms with Crippen LogP contribution in [0.2, 0.25) is 0 Å². The summed E-state index contributed by atoms with van der Waals surface area (Å²) in [5.74, 6) is 0.834. The molecule has 0 amide bonds. The number of sulfone groups is 2. The minimum absolute atomic E-state index is 0.0157. The minimum Gasteiger partial charge on any atom is -0.227 e. The Bertz CT molecular complexity index is 720. The van der Waals surface area contributed by atoms with Crippen molar-refractivity contribution in [3.8, 4) is 0 Å². The van der Waals surface area contributed by atoms with Crippen LogP contribution in [0.5, 0.6) is 0 Å². The zero-order chi connectivity index (χ0) is 21.8. The molecule has 0 spiro atoms. The molecule has 29 heavy (non-hydrogen) atoms. The molecule has 0 aromatic carbocycles. The SMILES string of the molecule is CCCC(CC)CCCCCCCCCCS(=O)(=O)C1(S(C)(=O)=O)C=CC=CC1. The van der Waals surface area contributed by atoms with Gasteiger partial charge in [0.1, 0.15) is 0 Å². The van der Waals surface area contributed by atoms with Crippen LogP contribution in [0.3, 0.4) is 0 Å². The fourth-order valence-electron chi connectivity index (χ4n) is 4.24. The van der Waals surface area contributed by atoms with Gasteiger partial charge in [0.25, 0.3) is 0 Å². The molecular formula is C23H42O4S2. The van der Waals surface area contributed by atoms with Gasteiger partial charge in [-0.25, -0.2) is 16.8 Å². The molecule has 0 aromatic heterocycles. The Morgan fingerprint density at radius 1 is 0.828 bits per heavy atom. The van der Waals surface area contributed by atoms with E-state index in [0.29, 0.717) is 6.42 Å². The maximum Gasteiger partial charge on any atom is 0.194 e. The normalized spacial score (nSPS) is 20.8. The highest BCUT2D eigenvalue weighted by Crippen LogP contribution is 2.34. The summed E-state index contributed by atoms with van der Waals surface area (Å²) in [6, 6.07) is 0. The minimum atomic E-state index is -3.75. The molecule has 170 valence electrons. The Morgan fingerprint density at radius 3 is 1.90 bits per heavy atom. The van der Waals surface area contributed by atoms with Crippen LogP contribution in [-0.2, 0) is 19.7 Å². The lowest BCUT2D eigenvalue weighted by atomic mass is 9.94. The molecule has 0 bridgehead atoms. The van der Waals surface area contributed by atoms with E-state index in [1.54, 1.807) is 12.2 Å². The molecule has 0 saturated heterocycles. The van der Waals surface area contributed by atoms with Gasteiger partial charge in [0.05, 0.1) is 5.75 Å². The van der Waals surface area contributed by atoms with Crippen molar-refractivity contribution in [2.24, 2.45) is 5.92 Å². The first-order valence-electron chi connectivity index (χ1n) is 11.5. The largest absolute Gasteiger partial charge is 0.227 e. The summed E-state index contributed by atoms with van der Waals surface area (Å²) < 4.78 is 48.4. The van der Waals surface area contributed by atoms with E-state index in [4.69, 9.17) is 0 Å². The molecule has 0 N–H and O–H groups in total. The number of unbranched alkanes of at least 4 members (excludes halogenated alkanes) is 7. The number of allylic oxidation sites excluding steroid dienone is 3. The number of hydrogen-bond donors (Lipinski definition) is 0. The van der Waals surface area contributed by atoms with E-state index in [-0.39, 0.29) is 12.2 Å². The molecule has 2 unspecified atom stereocenters. The zero-order valence-corrected chi connectivity index (χ0v) is 20.4. The second kappa shape index (κ2) is 12.9. The predicted octanol–water partition coefficient (Wildman–Crippen LogP) is 6.00. The van der Waals surface area contributed by atoms with Gasteiger partial charge in [0.15, 0.2) is 23.8 Å². The Balaban J connectivity index is 2.24. The summed E-state index contributed by atoms with van der Waals surface area (Å²) in [6.07, 6.45) is 21.2. The van der Waals surface area contributed by atoms with Gasteiger partial charge in [-0.3, -0.25) is 0 Å². The first-order valence-corrected chi connectivity index (χ1v) is 15.0. The van der Waals surface area contributed by atoms with E-state index in [0.717, 1.165) is 31.4 Å². The Morgan fingerprint density at radius 2 is 1.41 bits per heavy atom. The van der Waals surface area contributed by atoms with E-state index in [1.807, 2.05) is 0 Å². The van der Waals surface area contributed by atoms with Crippen LogP contribution in [0, 0.1) is 5.92 Å². The molecule has 0 saturated carbocycles. The molecule has 0 aliphatic heterocycles. The summed E-state index contributed by atoms with van der Waals surface area (Å²) in [4.78, 5) is 0. The fraction of sp³-hybridized carbons (Fsp3) is 0.826. The second-order valence-corrected chi connectivity index (χ2v) is 13.5. The van der Waals surface area contributed by atoms with Crippen molar-refractivity contribution in [3.05, 3.63) is 24.3 Å². The van der Waals surface area contributed by atoms with Crippen LogP contribution in [0.25, 0.3) is 0 Å². The first kappa shape index (κ1) is 26.4. The van der Waals surface area contributed by atoms with Gasteiger partial charge in [-0.2, -0.15) is 0 Å². The van der Waals surface area contributed by atoms with Gasteiger partial charge >= 0.3 is 0 Å². The van der Waals surface area contributed by atoms with Crippen LogP contribution in [0.15, 0.2) is 24.3 Å². The van der Waals surface area contributed by atoms with E-state index in [2.05, 4.69) is 13.8 Å². The average Bonchev–Trinajstić information content (AvgIpc) is 2.68. The Hall–Kier alpha value is -0.620. The van der Waals surface area contributed by atoms with Gasteiger partial charge < -0.3 is 0 Å². The van der Waals surface area contributed by atoms with Gasteiger partial charge in [0.2, 0.25) is 0 Å². The molecule has 2 atom stereocenters. The topological polar surface area (TPSA) is 68.3 Å². The molecule has 4 nitrogen and oxygen atoms in total. The fourth-order valence-corrected chi connectivity index (χ4v) is 8.62. The van der Waals surface area contributed by atoms with Crippen LogP contribution in [0.4, 0.5) is 0 Å². The third-order valence-corrected chi connectivity index (χ3v) is 11.6. The Labute approximate surface area is 180 Å². The van der Waals surface area contributed by atoms with Gasteiger partial charge in [-0.05, 0) is 18.4 Å². The molecular weight excluding hydrogens is 404 g/mol. The van der Waals surface area contributed by atoms with E-state index < -0.39 is 23.8 Å². The highest BCUT2D eigenvalue weighted by molar-refractivity contribution is 8.10. The monoisotopic (exact) mass is 446 g/mol. The Kier molecular flexibility index (Phi) is 11.8. The molecule has 0 radical (unpaired) electrons. The highest BCUT2D eigenvalue weighted by Gasteiger charge is 2.49. The number of hydrogen-bond acceptors (Lipinski definition) is 4. The zero-order valence-electron chi connectivity index (χ0n) is 18.7. The smallest absolute Gasteiger partial charge is 0.194 e. The standard InChI is InChI=1S/C23H42O4S2/c1-4-17-22(5-2)18-13-10-8-6-7-9-11-16-21-29(26,27)23(28(3,24)25)19-14-12-15-20-23/h12,14-15,19,22H,4-11,13,16-18,20-21H2,1-3H3. The maximum atomic E-state index is 12.8. The maximum absolute atomic E-state index is 12.8. The predicted molar refractivity (Wildman–Crippen MR) is 125 cm³/mol. The third-order valence-electron chi connectivity index (χ3n) is 6.20. The van der Waals surface area contributed by atoms with Crippen molar-refractivity contribution in [1.29, 1.82) is 0 Å². The first-order chi connectivity index (χ1) is 13.7. The molecule has 1 aliphatic carbocycles. The summed E-state index contributed by atoms with van der Waals surface area (Å²) in [5, 5.41) is 0. The highest BCUT2D eigenvalue weighted by atomic mass is 32.3. The van der Waals surface area contributed by atoms with Crippen molar-refractivity contribution in [3.63, 3.8) is 0 Å². The van der Waals surface area contributed by atoms with Gasteiger partial charge in [-0.1, -0.05) is 103 Å². The average molecular weight is 447 g/mol. The van der Waals surface area contributed by atoms with Crippen LogP contribution >= 0.6 is 0 Å². The van der Waals surface area contributed by atoms with E-state index >= 15 is 0 Å². The van der Waals surface area contributed by atoms with Crippen LogP contribution < -0.4 is 0 Å². The van der Waals surface area contributed by atoms with E-state index in [9.17, 15) is 16.8 Å². The quantitative estimate of drug-likeness (QED) is 0.273. The van der Waals surface area contributed by atoms with Crippen molar-refractivity contribution in [1.82, 2.24) is 0 Å². The number of rotatable bonds is 16. The lowest BCUT2D eigenvalue weighted by Gasteiger charge is -2.29. The molecule has 1 rings (SSSR count). The summed E-state index contributed by atoms with van der Waals surface area (Å²) in [6.45, 7) is 4.55. The molecule has 0 fully saturated rings. The summed E-state index contributed by atoms with van der Waals surface area (Å²) in [7, 11) is -7.49. The summed E-state index contributed by atoms with van der Waals surface area (Å²) in [5.41, 5.74) is 0. The third kappa shape index (κ3) is 8.20. The molecule has 6 heteroatoms. The molecule has 1 aliphatic rings. The molecule has 0 aromatic rings. The van der Waals surface area contributed by atoms with Gasteiger partial charge in [-0.15, -0.1) is 0 Å². The molecule has 0 heterocycles. The lowest BCUT2D eigenvalue weighted by Crippen LogP contribution is -2.45.